The molecule has 0 aromatic heterocycles. The van der Waals surface area contributed by atoms with Crippen LogP contribution in [0.15, 0.2) is 0 Å². The Hall–Kier alpha value is -0.0805. The van der Waals surface area contributed by atoms with Crippen molar-refractivity contribution >= 4 is 35.1 Å². The van der Waals surface area contributed by atoms with Crippen LogP contribution in [0.2, 0.25) is 0 Å². The van der Waals surface area contributed by atoms with E-state index in [1.54, 1.807) is 9.80 Å². The van der Waals surface area contributed by atoms with Crippen LogP contribution in [-0.4, -0.2) is 88.5 Å². The predicted molar refractivity (Wildman–Crippen MR) is 73.2 cm³/mol. The van der Waals surface area contributed by atoms with E-state index < -0.39 is 11.9 Å². The van der Waals surface area contributed by atoms with E-state index in [1.165, 1.54) is 0 Å². The molecule has 1 radical (unpaired) electrons. The monoisotopic (exact) mass is 381 g/mol. The van der Waals surface area contributed by atoms with Gasteiger partial charge in [0.15, 0.2) is 0 Å². The zero-order valence-corrected chi connectivity index (χ0v) is 13.3. The molecule has 0 unspecified atom stereocenters. The second kappa shape index (κ2) is 15.3. The van der Waals surface area contributed by atoms with Gasteiger partial charge in [-0.15, -0.1) is 23.2 Å². The Balaban J connectivity index is -0.00000144. The Morgan fingerprint density at radius 3 is 1.30 bits per heavy atom. The fourth-order valence-corrected chi connectivity index (χ4v) is 1.92. The molecule has 0 aromatic carbocycles. The van der Waals surface area contributed by atoms with Crippen molar-refractivity contribution in [2.24, 2.45) is 0 Å². The largest absolute Gasteiger partial charge is 0.480 e. The van der Waals surface area contributed by atoms with Crippen LogP contribution in [0.3, 0.4) is 0 Å². The van der Waals surface area contributed by atoms with Crippen LogP contribution in [0.1, 0.15) is 0 Å². The summed E-state index contributed by atoms with van der Waals surface area (Å²) in [6.45, 7) is 1.60. The van der Waals surface area contributed by atoms with Gasteiger partial charge < -0.3 is 15.7 Å². The number of halogens is 2. The summed E-state index contributed by atoms with van der Waals surface area (Å²) in [5, 5.41) is 17.4. The molecule has 20 heavy (non-hydrogen) atoms. The second-order valence-corrected chi connectivity index (χ2v) is 4.47. The first kappa shape index (κ1) is 24.9. The molecule has 10 heteroatoms. The van der Waals surface area contributed by atoms with Crippen molar-refractivity contribution in [3.63, 3.8) is 0 Å². The van der Waals surface area contributed by atoms with Gasteiger partial charge in [-0.25, -0.2) is 0 Å². The molecular formula is C10H20Cl2CuN2O5. The molecule has 0 atom stereocenters. The SMILES string of the molecule is O.O=C(O)CN(CCCl)CCN(CCCl)CC(=O)O.[Cu]. The standard InChI is InChI=1S/C10H18Cl2N2O4.Cu.H2O/c11-1-3-13(7-9(15)16)5-6-14(4-2-12)8-10(17)18;;/h1-8H2,(H,15,16)(H,17,18);;1H2. The number of alkyl halides is 2. The average Bonchev–Trinajstić information content (AvgIpc) is 2.24. The molecule has 0 saturated carbocycles. The number of hydrogen-bond acceptors (Lipinski definition) is 4. The minimum absolute atomic E-state index is 0. The smallest absolute Gasteiger partial charge is 0.317 e. The number of carbonyl (C=O) groups is 2. The molecule has 4 N–H and O–H groups in total. The van der Waals surface area contributed by atoms with Crippen LogP contribution >= 0.6 is 23.2 Å². The quantitative estimate of drug-likeness (QED) is 0.365. The summed E-state index contributed by atoms with van der Waals surface area (Å²) in [4.78, 5) is 24.6. The first-order valence-electron chi connectivity index (χ1n) is 5.49. The van der Waals surface area contributed by atoms with E-state index in [2.05, 4.69) is 0 Å². The normalized spacial score (nSPS) is 10.0. The van der Waals surface area contributed by atoms with E-state index in [0.717, 1.165) is 0 Å². The van der Waals surface area contributed by atoms with Crippen molar-refractivity contribution in [3.8, 4) is 0 Å². The molecule has 7 nitrogen and oxygen atoms in total. The second-order valence-electron chi connectivity index (χ2n) is 3.72. The zero-order valence-electron chi connectivity index (χ0n) is 10.8. The molecule has 0 aromatic rings. The molecule has 0 rings (SSSR count). The van der Waals surface area contributed by atoms with Crippen LogP contribution < -0.4 is 0 Å². The van der Waals surface area contributed by atoms with Crippen molar-refractivity contribution in [1.82, 2.24) is 9.80 Å². The average molecular weight is 383 g/mol. The summed E-state index contributed by atoms with van der Waals surface area (Å²) in [6.07, 6.45) is 0. The molecule has 0 aliphatic carbocycles. The molecule has 0 heterocycles. The third-order valence-electron chi connectivity index (χ3n) is 2.25. The molecule has 0 spiro atoms. The van der Waals surface area contributed by atoms with E-state index in [4.69, 9.17) is 33.4 Å². The number of aliphatic carboxylic acids is 2. The van der Waals surface area contributed by atoms with E-state index in [0.29, 0.717) is 37.9 Å². The summed E-state index contributed by atoms with van der Waals surface area (Å²) < 4.78 is 0. The topological polar surface area (TPSA) is 113 Å². The van der Waals surface area contributed by atoms with Gasteiger partial charge in [-0.05, 0) is 0 Å². The third-order valence-corrected chi connectivity index (χ3v) is 2.59. The van der Waals surface area contributed by atoms with Crippen LogP contribution in [0.5, 0.6) is 0 Å². The van der Waals surface area contributed by atoms with Crippen molar-refractivity contribution in [3.05, 3.63) is 0 Å². The van der Waals surface area contributed by atoms with Gasteiger partial charge in [0.25, 0.3) is 0 Å². The van der Waals surface area contributed by atoms with E-state index in [9.17, 15) is 9.59 Å². The zero-order chi connectivity index (χ0) is 14.0. The van der Waals surface area contributed by atoms with Crippen molar-refractivity contribution in [1.29, 1.82) is 0 Å². The van der Waals surface area contributed by atoms with Crippen molar-refractivity contribution < 1.29 is 42.3 Å². The molecule has 0 aliphatic heterocycles. The molecule has 0 aliphatic rings. The molecular weight excluding hydrogens is 363 g/mol. The number of carboxylic acid groups (broad SMARTS) is 2. The molecule has 0 bridgehead atoms. The molecule has 0 saturated heterocycles. The minimum atomic E-state index is -0.928. The van der Waals surface area contributed by atoms with Gasteiger partial charge in [0, 0.05) is 55.0 Å². The molecule has 125 valence electrons. The number of hydrogen-bond donors (Lipinski definition) is 2. The van der Waals surface area contributed by atoms with Gasteiger partial charge in [0.1, 0.15) is 0 Å². The van der Waals surface area contributed by atoms with Crippen molar-refractivity contribution in [2.45, 2.75) is 0 Å². The third kappa shape index (κ3) is 14.3. The Labute approximate surface area is 138 Å². The first-order valence-corrected chi connectivity index (χ1v) is 6.56. The predicted octanol–water partition coefficient (Wildman–Crippen LogP) is -0.590. The summed E-state index contributed by atoms with van der Waals surface area (Å²) >= 11 is 11.2. The van der Waals surface area contributed by atoms with E-state index in [-0.39, 0.29) is 35.6 Å². The van der Waals surface area contributed by atoms with Gasteiger partial charge in [-0.3, -0.25) is 19.4 Å². The first-order chi connectivity index (χ1) is 8.49. The molecule has 0 amide bonds. The van der Waals surface area contributed by atoms with Crippen LogP contribution in [0.4, 0.5) is 0 Å². The fraction of sp³-hybridized carbons (Fsp3) is 0.800. The summed E-state index contributed by atoms with van der Waals surface area (Å²) in [5.41, 5.74) is 0. The van der Waals surface area contributed by atoms with Crippen LogP contribution in [0, 0.1) is 0 Å². The Bertz CT molecular complexity index is 248. The fourth-order valence-electron chi connectivity index (χ4n) is 1.44. The summed E-state index contributed by atoms with van der Waals surface area (Å²) in [7, 11) is 0. The van der Waals surface area contributed by atoms with Crippen molar-refractivity contribution in [2.75, 3.05) is 51.0 Å². The number of carboxylic acids is 2. The Kier molecular flexibility index (Phi) is 19.1. The van der Waals surface area contributed by atoms with Crippen LogP contribution in [0.25, 0.3) is 0 Å². The van der Waals surface area contributed by atoms with Gasteiger partial charge >= 0.3 is 11.9 Å². The van der Waals surface area contributed by atoms with Gasteiger partial charge in [-0.1, -0.05) is 0 Å². The number of nitrogens with zero attached hydrogens (tertiary/aromatic N) is 2. The van der Waals surface area contributed by atoms with Gasteiger partial charge in [-0.2, -0.15) is 0 Å². The maximum Gasteiger partial charge on any atom is 0.317 e. The summed E-state index contributed by atoms with van der Waals surface area (Å²) in [5.74, 6) is -1.19. The van der Waals surface area contributed by atoms with E-state index in [1.807, 2.05) is 0 Å². The maximum atomic E-state index is 10.6. The minimum Gasteiger partial charge on any atom is -0.480 e. The Morgan fingerprint density at radius 2 is 1.10 bits per heavy atom. The molecule has 0 fully saturated rings. The van der Waals surface area contributed by atoms with E-state index >= 15 is 0 Å². The van der Waals surface area contributed by atoms with Gasteiger partial charge in [0.2, 0.25) is 0 Å². The van der Waals surface area contributed by atoms with Gasteiger partial charge in [0.05, 0.1) is 13.1 Å². The maximum absolute atomic E-state index is 10.6. The summed E-state index contributed by atoms with van der Waals surface area (Å²) in [6, 6.07) is 0. The number of rotatable bonds is 11. The van der Waals surface area contributed by atoms with Crippen LogP contribution in [-0.2, 0) is 26.7 Å². The Morgan fingerprint density at radius 1 is 0.800 bits per heavy atom.